The first kappa shape index (κ1) is 24.6. The predicted molar refractivity (Wildman–Crippen MR) is 134 cm³/mol. The highest BCUT2D eigenvalue weighted by molar-refractivity contribution is 6.06. The smallest absolute Gasteiger partial charge is 0.329 e. The highest BCUT2D eigenvalue weighted by atomic mass is 16.5. The summed E-state index contributed by atoms with van der Waals surface area (Å²) in [5, 5.41) is 3.42. The Morgan fingerprint density at radius 1 is 1.03 bits per heavy atom. The van der Waals surface area contributed by atoms with Crippen LogP contribution in [0, 0.1) is 0 Å². The standard InChI is InChI=1S/C25H37N5O3/c1-6-28(7-2)12-10-9-11-26-24-16-23-19(17-27-24)18-30(25(31)29(23)8-3)20-13-21(32-4)15-22(14-20)33-5/h13-17H,6-12,18H2,1-5H3,(H,26,27). The van der Waals surface area contributed by atoms with Crippen LogP contribution in [0.3, 0.4) is 0 Å². The van der Waals surface area contributed by atoms with Crippen LogP contribution in [0.2, 0.25) is 0 Å². The monoisotopic (exact) mass is 455 g/mol. The molecular formula is C25H37N5O3. The van der Waals surface area contributed by atoms with Crippen molar-refractivity contribution in [2.24, 2.45) is 0 Å². The lowest BCUT2D eigenvalue weighted by Gasteiger charge is -2.36. The summed E-state index contributed by atoms with van der Waals surface area (Å²) in [4.78, 5) is 23.9. The van der Waals surface area contributed by atoms with Crippen LogP contribution < -0.4 is 24.6 Å². The molecule has 0 fully saturated rings. The normalized spacial score (nSPS) is 13.3. The second kappa shape index (κ2) is 11.7. The van der Waals surface area contributed by atoms with E-state index in [9.17, 15) is 4.79 Å². The number of methoxy groups -OCH3 is 2. The molecule has 1 aliphatic rings. The van der Waals surface area contributed by atoms with Crippen molar-refractivity contribution in [2.75, 3.05) is 62.1 Å². The molecule has 1 aromatic carbocycles. The van der Waals surface area contributed by atoms with Crippen molar-refractivity contribution < 1.29 is 14.3 Å². The Morgan fingerprint density at radius 3 is 2.33 bits per heavy atom. The molecule has 1 aliphatic heterocycles. The fourth-order valence-corrected chi connectivity index (χ4v) is 4.10. The van der Waals surface area contributed by atoms with Crippen LogP contribution in [0.15, 0.2) is 30.5 Å². The molecule has 0 saturated heterocycles. The van der Waals surface area contributed by atoms with Crippen molar-refractivity contribution in [1.82, 2.24) is 9.88 Å². The molecule has 2 amide bonds. The Bertz CT molecular complexity index is 910. The summed E-state index contributed by atoms with van der Waals surface area (Å²) in [6.07, 6.45) is 4.10. The van der Waals surface area contributed by atoms with E-state index in [2.05, 4.69) is 29.0 Å². The average molecular weight is 456 g/mol. The average Bonchev–Trinajstić information content (AvgIpc) is 2.85. The van der Waals surface area contributed by atoms with E-state index in [1.54, 1.807) is 30.1 Å². The van der Waals surface area contributed by atoms with Crippen LogP contribution in [0.5, 0.6) is 11.5 Å². The fourth-order valence-electron chi connectivity index (χ4n) is 4.10. The van der Waals surface area contributed by atoms with Crippen LogP contribution in [-0.2, 0) is 6.54 Å². The van der Waals surface area contributed by atoms with Gasteiger partial charge in [-0.2, -0.15) is 0 Å². The maximum Gasteiger partial charge on any atom is 0.329 e. The molecule has 2 aromatic rings. The van der Waals surface area contributed by atoms with Gasteiger partial charge < -0.3 is 19.7 Å². The lowest BCUT2D eigenvalue weighted by Crippen LogP contribution is -2.47. The van der Waals surface area contributed by atoms with Gasteiger partial charge in [0.25, 0.3) is 0 Å². The third kappa shape index (κ3) is 5.87. The number of hydrogen-bond acceptors (Lipinski definition) is 6. The Hall–Kier alpha value is -3.00. The van der Waals surface area contributed by atoms with Crippen LogP contribution in [0.4, 0.5) is 22.0 Å². The van der Waals surface area contributed by atoms with Crippen LogP contribution in [0.25, 0.3) is 0 Å². The number of nitrogens with one attached hydrogen (secondary N) is 1. The minimum atomic E-state index is -0.0725. The van der Waals surface area contributed by atoms with E-state index in [1.165, 1.54) is 0 Å². The second-order valence-corrected chi connectivity index (χ2v) is 8.04. The number of unbranched alkanes of at least 4 members (excludes halogenated alkanes) is 1. The van der Waals surface area contributed by atoms with E-state index < -0.39 is 0 Å². The SMILES string of the molecule is CCN(CC)CCCCNc1cc2c(cn1)CN(c1cc(OC)cc(OC)c1)C(=O)N2CC. The maximum atomic E-state index is 13.4. The molecule has 0 aliphatic carbocycles. The number of carbonyl (C=O) groups is 1. The van der Waals surface area contributed by atoms with E-state index in [0.29, 0.717) is 24.6 Å². The minimum absolute atomic E-state index is 0.0725. The molecule has 3 rings (SSSR count). The first-order chi connectivity index (χ1) is 16.0. The molecule has 2 heterocycles. The van der Waals surface area contributed by atoms with Gasteiger partial charge >= 0.3 is 6.03 Å². The van der Waals surface area contributed by atoms with E-state index >= 15 is 0 Å². The molecule has 8 heteroatoms. The Morgan fingerprint density at radius 2 is 1.73 bits per heavy atom. The molecule has 0 atom stereocenters. The zero-order chi connectivity index (χ0) is 23.8. The molecular weight excluding hydrogens is 418 g/mol. The number of benzene rings is 1. The Labute approximate surface area is 197 Å². The molecule has 1 aromatic heterocycles. The number of nitrogens with zero attached hydrogens (tertiary/aromatic N) is 4. The summed E-state index contributed by atoms with van der Waals surface area (Å²) in [5.74, 6) is 2.09. The number of rotatable bonds is 12. The van der Waals surface area contributed by atoms with E-state index in [-0.39, 0.29) is 6.03 Å². The van der Waals surface area contributed by atoms with Gasteiger partial charge in [0, 0.05) is 49.1 Å². The number of urea groups is 1. The van der Waals surface area contributed by atoms with Crippen molar-refractivity contribution in [1.29, 1.82) is 0 Å². The van der Waals surface area contributed by atoms with Crippen molar-refractivity contribution in [3.05, 3.63) is 36.0 Å². The molecule has 0 radical (unpaired) electrons. The third-order valence-electron chi connectivity index (χ3n) is 6.11. The van der Waals surface area contributed by atoms with Gasteiger partial charge in [-0.3, -0.25) is 9.80 Å². The number of aromatic nitrogens is 1. The summed E-state index contributed by atoms with van der Waals surface area (Å²) >= 11 is 0. The van der Waals surface area contributed by atoms with Gasteiger partial charge in [-0.05, 0) is 39.4 Å². The quantitative estimate of drug-likeness (QED) is 0.472. The van der Waals surface area contributed by atoms with Crippen LogP contribution >= 0.6 is 0 Å². The van der Waals surface area contributed by atoms with Crippen molar-refractivity contribution in [3.8, 4) is 11.5 Å². The molecule has 0 saturated carbocycles. The summed E-state index contributed by atoms with van der Waals surface area (Å²) in [7, 11) is 3.21. The van der Waals surface area contributed by atoms with Gasteiger partial charge in [-0.15, -0.1) is 0 Å². The zero-order valence-corrected chi connectivity index (χ0v) is 20.6. The topological polar surface area (TPSA) is 70.2 Å². The number of amides is 2. The van der Waals surface area contributed by atoms with Gasteiger partial charge in [0.05, 0.1) is 32.1 Å². The van der Waals surface area contributed by atoms with Gasteiger partial charge in [-0.25, -0.2) is 9.78 Å². The van der Waals surface area contributed by atoms with E-state index in [0.717, 1.165) is 61.8 Å². The molecule has 1 N–H and O–H groups in total. The van der Waals surface area contributed by atoms with Crippen molar-refractivity contribution in [2.45, 2.75) is 40.2 Å². The number of fused-ring (bicyclic) bond motifs is 1. The first-order valence-corrected chi connectivity index (χ1v) is 11.8. The molecule has 33 heavy (non-hydrogen) atoms. The molecule has 8 nitrogen and oxygen atoms in total. The minimum Gasteiger partial charge on any atom is -0.497 e. The number of anilines is 3. The van der Waals surface area contributed by atoms with E-state index in [1.807, 2.05) is 31.3 Å². The highest BCUT2D eigenvalue weighted by Gasteiger charge is 2.31. The summed E-state index contributed by atoms with van der Waals surface area (Å²) < 4.78 is 10.8. The number of pyridine rings is 1. The number of carbonyl (C=O) groups excluding carboxylic acids is 1. The fraction of sp³-hybridized carbons (Fsp3) is 0.520. The Kier molecular flexibility index (Phi) is 8.77. The zero-order valence-electron chi connectivity index (χ0n) is 20.6. The lowest BCUT2D eigenvalue weighted by molar-refractivity contribution is 0.250. The molecule has 180 valence electrons. The van der Waals surface area contributed by atoms with Gasteiger partial charge in [0.15, 0.2) is 0 Å². The van der Waals surface area contributed by atoms with Crippen molar-refractivity contribution >= 4 is 23.2 Å². The molecule has 0 bridgehead atoms. The Balaban J connectivity index is 1.72. The maximum absolute atomic E-state index is 13.4. The second-order valence-electron chi connectivity index (χ2n) is 8.04. The summed E-state index contributed by atoms with van der Waals surface area (Å²) in [5.41, 5.74) is 2.65. The summed E-state index contributed by atoms with van der Waals surface area (Å²) in [6.45, 7) is 11.6. The van der Waals surface area contributed by atoms with Crippen molar-refractivity contribution in [3.63, 3.8) is 0 Å². The lowest BCUT2D eigenvalue weighted by atomic mass is 10.1. The molecule has 0 unspecified atom stereocenters. The van der Waals surface area contributed by atoms with Gasteiger partial charge in [0.2, 0.25) is 0 Å². The molecule has 0 spiro atoms. The number of ether oxygens (including phenoxy) is 2. The number of hydrogen-bond donors (Lipinski definition) is 1. The first-order valence-electron chi connectivity index (χ1n) is 11.8. The van der Waals surface area contributed by atoms with Crippen LogP contribution in [0.1, 0.15) is 39.2 Å². The van der Waals surface area contributed by atoms with Crippen LogP contribution in [-0.4, -0.2) is 62.9 Å². The highest BCUT2D eigenvalue weighted by Crippen LogP contribution is 2.35. The predicted octanol–water partition coefficient (Wildman–Crippen LogP) is 4.60. The third-order valence-corrected chi connectivity index (χ3v) is 6.11. The summed E-state index contributed by atoms with van der Waals surface area (Å²) in [6, 6.07) is 7.41. The van der Waals surface area contributed by atoms with E-state index in [4.69, 9.17) is 9.47 Å². The van der Waals surface area contributed by atoms with Gasteiger partial charge in [-0.1, -0.05) is 13.8 Å². The van der Waals surface area contributed by atoms with Gasteiger partial charge in [0.1, 0.15) is 17.3 Å². The largest absolute Gasteiger partial charge is 0.497 e.